The summed E-state index contributed by atoms with van der Waals surface area (Å²) < 4.78 is 5.76. The Morgan fingerprint density at radius 3 is 2.72 bits per heavy atom. The highest BCUT2D eigenvalue weighted by Crippen LogP contribution is 2.26. The van der Waals surface area contributed by atoms with Gasteiger partial charge in [0.05, 0.1) is 0 Å². The molecule has 2 aromatic rings. The SMILES string of the molecule is CC(C)c1ccccc1OCc1nccc(N)n1. The van der Waals surface area contributed by atoms with Crippen LogP contribution < -0.4 is 10.5 Å². The molecule has 0 fully saturated rings. The first-order valence-corrected chi connectivity index (χ1v) is 5.96. The normalized spacial score (nSPS) is 10.6. The Hall–Kier alpha value is -2.10. The minimum absolute atomic E-state index is 0.328. The molecule has 1 heterocycles. The molecule has 0 spiro atoms. The predicted octanol–water partition coefficient (Wildman–Crippen LogP) is 2.76. The Morgan fingerprint density at radius 1 is 1.22 bits per heavy atom. The minimum atomic E-state index is 0.328. The van der Waals surface area contributed by atoms with Gasteiger partial charge < -0.3 is 10.5 Å². The molecule has 0 radical (unpaired) electrons. The number of nitrogens with two attached hydrogens (primary N) is 1. The van der Waals surface area contributed by atoms with Crippen LogP contribution in [0.1, 0.15) is 31.2 Å². The van der Waals surface area contributed by atoms with Crippen LogP contribution in [0.4, 0.5) is 5.82 Å². The number of hydrogen-bond donors (Lipinski definition) is 1. The molecule has 1 aromatic carbocycles. The first-order valence-electron chi connectivity index (χ1n) is 5.96. The van der Waals surface area contributed by atoms with Crippen molar-refractivity contribution in [1.29, 1.82) is 0 Å². The van der Waals surface area contributed by atoms with Gasteiger partial charge in [-0.1, -0.05) is 32.0 Å². The van der Waals surface area contributed by atoms with Gasteiger partial charge >= 0.3 is 0 Å². The summed E-state index contributed by atoms with van der Waals surface area (Å²) in [5.41, 5.74) is 6.78. The molecule has 0 amide bonds. The number of para-hydroxylation sites is 1. The second-order valence-electron chi connectivity index (χ2n) is 4.38. The van der Waals surface area contributed by atoms with Crippen LogP contribution in [0.2, 0.25) is 0 Å². The molecule has 4 heteroatoms. The van der Waals surface area contributed by atoms with E-state index in [0.29, 0.717) is 24.2 Å². The molecule has 0 aliphatic heterocycles. The van der Waals surface area contributed by atoms with E-state index >= 15 is 0 Å². The van der Waals surface area contributed by atoms with Crippen LogP contribution in [0.3, 0.4) is 0 Å². The molecular formula is C14H17N3O. The topological polar surface area (TPSA) is 61.0 Å². The van der Waals surface area contributed by atoms with Crippen molar-refractivity contribution >= 4 is 5.82 Å². The average molecular weight is 243 g/mol. The van der Waals surface area contributed by atoms with E-state index in [1.165, 1.54) is 5.56 Å². The largest absolute Gasteiger partial charge is 0.485 e. The van der Waals surface area contributed by atoms with E-state index in [1.807, 2.05) is 18.2 Å². The maximum Gasteiger partial charge on any atom is 0.168 e. The summed E-state index contributed by atoms with van der Waals surface area (Å²) >= 11 is 0. The van der Waals surface area contributed by atoms with Gasteiger partial charge in [-0.3, -0.25) is 0 Å². The molecule has 0 atom stereocenters. The van der Waals surface area contributed by atoms with Crippen molar-refractivity contribution in [1.82, 2.24) is 9.97 Å². The summed E-state index contributed by atoms with van der Waals surface area (Å²) in [7, 11) is 0. The van der Waals surface area contributed by atoms with Crippen LogP contribution in [0.5, 0.6) is 5.75 Å². The summed E-state index contributed by atoms with van der Waals surface area (Å²) in [5, 5.41) is 0. The zero-order chi connectivity index (χ0) is 13.0. The summed E-state index contributed by atoms with van der Waals surface area (Å²) in [6, 6.07) is 9.66. The first kappa shape index (κ1) is 12.4. The van der Waals surface area contributed by atoms with Gasteiger partial charge in [-0.25, -0.2) is 9.97 Å². The number of anilines is 1. The van der Waals surface area contributed by atoms with E-state index in [0.717, 1.165) is 5.75 Å². The zero-order valence-corrected chi connectivity index (χ0v) is 10.6. The number of hydrogen-bond acceptors (Lipinski definition) is 4. The Bertz CT molecular complexity index is 526. The smallest absolute Gasteiger partial charge is 0.168 e. The lowest BCUT2D eigenvalue weighted by Crippen LogP contribution is -2.05. The summed E-state index contributed by atoms with van der Waals surface area (Å²) in [4.78, 5) is 8.22. The van der Waals surface area contributed by atoms with Gasteiger partial charge in [-0.15, -0.1) is 0 Å². The number of rotatable bonds is 4. The molecule has 1 aromatic heterocycles. The Balaban J connectivity index is 2.11. The van der Waals surface area contributed by atoms with Crippen molar-refractivity contribution in [2.45, 2.75) is 26.4 Å². The van der Waals surface area contributed by atoms with Gasteiger partial charge in [0, 0.05) is 6.20 Å². The lowest BCUT2D eigenvalue weighted by molar-refractivity contribution is 0.292. The van der Waals surface area contributed by atoms with Gasteiger partial charge in [-0.2, -0.15) is 0 Å². The van der Waals surface area contributed by atoms with Crippen molar-refractivity contribution in [2.75, 3.05) is 5.73 Å². The molecule has 4 nitrogen and oxygen atoms in total. The second kappa shape index (κ2) is 5.49. The number of nitrogens with zero attached hydrogens (tertiary/aromatic N) is 2. The zero-order valence-electron chi connectivity index (χ0n) is 10.6. The van der Waals surface area contributed by atoms with Crippen molar-refractivity contribution < 1.29 is 4.74 Å². The lowest BCUT2D eigenvalue weighted by Gasteiger charge is -2.13. The summed E-state index contributed by atoms with van der Waals surface area (Å²) in [5.74, 6) is 2.34. The van der Waals surface area contributed by atoms with Crippen LogP contribution in [0.25, 0.3) is 0 Å². The standard InChI is InChI=1S/C14H17N3O/c1-10(2)11-5-3-4-6-12(11)18-9-14-16-8-7-13(15)17-14/h3-8,10H,9H2,1-2H3,(H2,15,16,17). The third-order valence-corrected chi connectivity index (χ3v) is 2.62. The van der Waals surface area contributed by atoms with Gasteiger partial charge in [0.25, 0.3) is 0 Å². The third kappa shape index (κ3) is 2.97. The van der Waals surface area contributed by atoms with Crippen molar-refractivity contribution in [3.8, 4) is 5.75 Å². The van der Waals surface area contributed by atoms with Gasteiger partial charge in [-0.05, 0) is 23.6 Å². The lowest BCUT2D eigenvalue weighted by atomic mass is 10.0. The van der Waals surface area contributed by atoms with E-state index in [4.69, 9.17) is 10.5 Å². The van der Waals surface area contributed by atoms with Gasteiger partial charge in [0.15, 0.2) is 5.82 Å². The molecule has 2 rings (SSSR count). The maximum atomic E-state index is 5.76. The van der Waals surface area contributed by atoms with Crippen molar-refractivity contribution in [3.63, 3.8) is 0 Å². The molecule has 0 unspecified atom stereocenters. The predicted molar refractivity (Wildman–Crippen MR) is 71.3 cm³/mol. The van der Waals surface area contributed by atoms with Gasteiger partial charge in [0.1, 0.15) is 18.2 Å². The Labute approximate surface area is 107 Å². The van der Waals surface area contributed by atoms with Crippen molar-refractivity contribution in [2.24, 2.45) is 0 Å². The molecule has 0 saturated heterocycles. The van der Waals surface area contributed by atoms with E-state index < -0.39 is 0 Å². The van der Waals surface area contributed by atoms with Crippen LogP contribution in [0.15, 0.2) is 36.5 Å². The molecule has 0 aliphatic carbocycles. The van der Waals surface area contributed by atoms with E-state index in [9.17, 15) is 0 Å². The van der Waals surface area contributed by atoms with Crippen LogP contribution in [-0.4, -0.2) is 9.97 Å². The molecular weight excluding hydrogens is 226 g/mol. The number of nitrogen functional groups attached to an aromatic ring is 1. The van der Waals surface area contributed by atoms with Crippen LogP contribution >= 0.6 is 0 Å². The number of ether oxygens (including phenoxy) is 1. The summed E-state index contributed by atoms with van der Waals surface area (Å²) in [6.07, 6.45) is 1.63. The monoisotopic (exact) mass is 243 g/mol. The Morgan fingerprint density at radius 2 is 2.00 bits per heavy atom. The van der Waals surface area contributed by atoms with Crippen LogP contribution in [0, 0.1) is 0 Å². The molecule has 0 bridgehead atoms. The number of benzene rings is 1. The van der Waals surface area contributed by atoms with Crippen LogP contribution in [-0.2, 0) is 6.61 Å². The minimum Gasteiger partial charge on any atom is -0.485 e. The average Bonchev–Trinajstić information content (AvgIpc) is 2.37. The molecule has 94 valence electrons. The van der Waals surface area contributed by atoms with Crippen molar-refractivity contribution in [3.05, 3.63) is 47.9 Å². The highest BCUT2D eigenvalue weighted by Gasteiger charge is 2.07. The molecule has 0 saturated carbocycles. The van der Waals surface area contributed by atoms with Gasteiger partial charge in [0.2, 0.25) is 0 Å². The van der Waals surface area contributed by atoms with E-state index in [-0.39, 0.29) is 0 Å². The molecule has 0 aliphatic rings. The fourth-order valence-electron chi connectivity index (χ4n) is 1.72. The summed E-state index contributed by atoms with van der Waals surface area (Å²) in [6.45, 7) is 4.60. The first-order chi connectivity index (χ1) is 8.66. The second-order valence-corrected chi connectivity index (χ2v) is 4.38. The quantitative estimate of drug-likeness (QED) is 0.897. The van der Waals surface area contributed by atoms with E-state index in [1.54, 1.807) is 12.3 Å². The third-order valence-electron chi connectivity index (χ3n) is 2.62. The highest BCUT2D eigenvalue weighted by molar-refractivity contribution is 5.35. The highest BCUT2D eigenvalue weighted by atomic mass is 16.5. The maximum absolute atomic E-state index is 5.76. The fraction of sp³-hybridized carbons (Fsp3) is 0.286. The molecule has 18 heavy (non-hydrogen) atoms. The van der Waals surface area contributed by atoms with E-state index in [2.05, 4.69) is 29.9 Å². The molecule has 2 N–H and O–H groups in total. The fourth-order valence-corrected chi connectivity index (χ4v) is 1.72. The Kier molecular flexibility index (Phi) is 3.77. The number of aromatic nitrogens is 2.